The Labute approximate surface area is 115 Å². The number of rotatable bonds is 2. The lowest BCUT2D eigenvalue weighted by Gasteiger charge is -2.34. The highest BCUT2D eigenvalue weighted by Crippen LogP contribution is 2.25. The van der Waals surface area contributed by atoms with Crippen LogP contribution < -0.4 is 0 Å². The Bertz CT molecular complexity index is 564. The molecule has 1 amide bonds. The minimum Gasteiger partial charge on any atom is -0.377 e. The molecule has 19 heavy (non-hydrogen) atoms. The quantitative estimate of drug-likeness (QED) is 0.913. The zero-order chi connectivity index (χ0) is 13.2. The summed E-state index contributed by atoms with van der Waals surface area (Å²) in [5, 5.41) is 1.92. The lowest BCUT2D eigenvalue weighted by atomic mass is 10.2. The fraction of sp³-hybridized carbons (Fsp3) is 0.385. The lowest BCUT2D eigenvalue weighted by Crippen LogP contribution is -2.43. The van der Waals surface area contributed by atoms with Crippen LogP contribution in [-0.2, 0) is 4.74 Å². The number of imidazole rings is 1. The van der Waals surface area contributed by atoms with E-state index in [-0.39, 0.29) is 11.9 Å². The van der Waals surface area contributed by atoms with Gasteiger partial charge in [-0.1, -0.05) is 6.07 Å². The van der Waals surface area contributed by atoms with E-state index in [4.69, 9.17) is 4.74 Å². The Kier molecular flexibility index (Phi) is 3.35. The SMILES string of the molecule is Cc1cnc([C@H]2COCCN2C(=O)c2cccs2)[nH]1. The molecule has 1 aliphatic rings. The number of carbonyl (C=O) groups excluding carboxylic acids is 1. The van der Waals surface area contributed by atoms with Gasteiger partial charge in [0.1, 0.15) is 11.9 Å². The standard InChI is InChI=1S/C13H15N3O2S/c1-9-7-14-12(15-9)10-8-18-5-4-16(10)13(17)11-3-2-6-19-11/h2-3,6-7,10H,4-5,8H2,1H3,(H,14,15)/t10-/m1/s1. The van der Waals surface area contributed by atoms with Gasteiger partial charge in [-0.25, -0.2) is 4.98 Å². The highest BCUT2D eigenvalue weighted by Gasteiger charge is 2.31. The first-order valence-corrected chi connectivity index (χ1v) is 7.07. The fourth-order valence-electron chi connectivity index (χ4n) is 2.22. The molecule has 6 heteroatoms. The van der Waals surface area contributed by atoms with E-state index in [0.29, 0.717) is 19.8 Å². The van der Waals surface area contributed by atoms with Crippen molar-refractivity contribution in [1.29, 1.82) is 0 Å². The van der Waals surface area contributed by atoms with Crippen LogP contribution >= 0.6 is 11.3 Å². The number of aromatic nitrogens is 2. The first-order chi connectivity index (χ1) is 9.25. The molecule has 0 bridgehead atoms. The summed E-state index contributed by atoms with van der Waals surface area (Å²) in [6.45, 7) is 3.62. The smallest absolute Gasteiger partial charge is 0.264 e. The molecule has 1 N–H and O–H groups in total. The molecule has 3 heterocycles. The van der Waals surface area contributed by atoms with Gasteiger partial charge in [-0.2, -0.15) is 0 Å². The Morgan fingerprint density at radius 3 is 3.21 bits per heavy atom. The summed E-state index contributed by atoms with van der Waals surface area (Å²) in [7, 11) is 0. The highest BCUT2D eigenvalue weighted by atomic mass is 32.1. The van der Waals surface area contributed by atoms with E-state index in [0.717, 1.165) is 16.4 Å². The average Bonchev–Trinajstić information content (AvgIpc) is 3.09. The maximum Gasteiger partial charge on any atom is 0.264 e. The van der Waals surface area contributed by atoms with Crippen LogP contribution in [0.5, 0.6) is 0 Å². The molecule has 0 saturated carbocycles. The molecule has 5 nitrogen and oxygen atoms in total. The number of aryl methyl sites for hydroxylation is 1. The molecule has 100 valence electrons. The summed E-state index contributed by atoms with van der Waals surface area (Å²) < 4.78 is 5.49. The molecule has 1 saturated heterocycles. The second-order valence-electron chi connectivity index (χ2n) is 4.52. The van der Waals surface area contributed by atoms with Gasteiger partial charge in [0, 0.05) is 18.4 Å². The van der Waals surface area contributed by atoms with E-state index in [1.165, 1.54) is 11.3 Å². The third-order valence-electron chi connectivity index (χ3n) is 3.16. The van der Waals surface area contributed by atoms with Crippen LogP contribution in [0, 0.1) is 6.92 Å². The summed E-state index contributed by atoms with van der Waals surface area (Å²) in [5.41, 5.74) is 0.990. The van der Waals surface area contributed by atoms with Crippen LogP contribution in [-0.4, -0.2) is 40.5 Å². The zero-order valence-corrected chi connectivity index (χ0v) is 11.4. The third-order valence-corrected chi connectivity index (χ3v) is 4.02. The number of H-pyrrole nitrogens is 1. The van der Waals surface area contributed by atoms with Crippen molar-refractivity contribution in [2.45, 2.75) is 13.0 Å². The van der Waals surface area contributed by atoms with Crippen LogP contribution in [0.1, 0.15) is 27.2 Å². The predicted molar refractivity (Wildman–Crippen MR) is 72.2 cm³/mol. The van der Waals surface area contributed by atoms with Crippen LogP contribution in [0.4, 0.5) is 0 Å². The van der Waals surface area contributed by atoms with Crippen molar-refractivity contribution in [2.75, 3.05) is 19.8 Å². The van der Waals surface area contributed by atoms with Crippen LogP contribution in [0.2, 0.25) is 0 Å². The van der Waals surface area contributed by atoms with Crippen LogP contribution in [0.25, 0.3) is 0 Å². The molecule has 0 radical (unpaired) electrons. The molecule has 2 aromatic rings. The number of morpholine rings is 1. The number of ether oxygens (including phenoxy) is 1. The fourth-order valence-corrected chi connectivity index (χ4v) is 2.90. The van der Waals surface area contributed by atoms with Gasteiger partial charge in [0.05, 0.1) is 18.1 Å². The van der Waals surface area contributed by atoms with Crippen molar-refractivity contribution in [3.05, 3.63) is 40.1 Å². The lowest BCUT2D eigenvalue weighted by molar-refractivity contribution is -0.00474. The molecular formula is C13H15N3O2S. The number of nitrogens with zero attached hydrogens (tertiary/aromatic N) is 2. The summed E-state index contributed by atoms with van der Waals surface area (Å²) in [5.74, 6) is 0.847. The molecule has 0 unspecified atom stereocenters. The Hall–Kier alpha value is -1.66. The highest BCUT2D eigenvalue weighted by molar-refractivity contribution is 7.12. The number of carbonyl (C=O) groups is 1. The topological polar surface area (TPSA) is 58.2 Å². The van der Waals surface area contributed by atoms with Gasteiger partial charge in [0.15, 0.2) is 0 Å². The largest absolute Gasteiger partial charge is 0.377 e. The van der Waals surface area contributed by atoms with Crippen molar-refractivity contribution in [3.63, 3.8) is 0 Å². The Morgan fingerprint density at radius 1 is 1.63 bits per heavy atom. The number of hydrogen-bond acceptors (Lipinski definition) is 4. The number of aromatic amines is 1. The average molecular weight is 277 g/mol. The summed E-state index contributed by atoms with van der Waals surface area (Å²) in [6, 6.07) is 3.62. The van der Waals surface area contributed by atoms with Gasteiger partial charge in [-0.3, -0.25) is 4.79 Å². The first-order valence-electron chi connectivity index (χ1n) is 6.19. The van der Waals surface area contributed by atoms with Gasteiger partial charge in [-0.05, 0) is 18.4 Å². The maximum absolute atomic E-state index is 12.5. The first kappa shape index (κ1) is 12.4. The van der Waals surface area contributed by atoms with Gasteiger partial charge in [0.2, 0.25) is 0 Å². The van der Waals surface area contributed by atoms with Crippen molar-refractivity contribution in [3.8, 4) is 0 Å². The number of nitrogens with one attached hydrogen (secondary N) is 1. The predicted octanol–water partition coefficient (Wildman–Crippen LogP) is 1.99. The molecule has 0 spiro atoms. The van der Waals surface area contributed by atoms with E-state index in [9.17, 15) is 4.79 Å². The van der Waals surface area contributed by atoms with Gasteiger partial charge < -0.3 is 14.6 Å². The normalized spacial score (nSPS) is 19.6. The third kappa shape index (κ3) is 2.41. The van der Waals surface area contributed by atoms with E-state index in [2.05, 4.69) is 9.97 Å². The molecule has 0 aromatic carbocycles. The van der Waals surface area contributed by atoms with Crippen molar-refractivity contribution in [1.82, 2.24) is 14.9 Å². The van der Waals surface area contributed by atoms with Crippen LogP contribution in [0.3, 0.4) is 0 Å². The summed E-state index contributed by atoms with van der Waals surface area (Å²) in [4.78, 5) is 22.6. The molecule has 3 rings (SSSR count). The van der Waals surface area contributed by atoms with Gasteiger partial charge in [0.25, 0.3) is 5.91 Å². The summed E-state index contributed by atoms with van der Waals surface area (Å²) in [6.07, 6.45) is 1.78. The molecule has 2 aromatic heterocycles. The minimum atomic E-state index is -0.128. The van der Waals surface area contributed by atoms with Crippen molar-refractivity contribution < 1.29 is 9.53 Å². The number of hydrogen-bond donors (Lipinski definition) is 1. The number of thiophene rings is 1. The minimum absolute atomic E-state index is 0.0531. The molecule has 1 aliphatic heterocycles. The van der Waals surface area contributed by atoms with Crippen molar-refractivity contribution in [2.24, 2.45) is 0 Å². The van der Waals surface area contributed by atoms with Crippen LogP contribution in [0.15, 0.2) is 23.7 Å². The van der Waals surface area contributed by atoms with E-state index < -0.39 is 0 Å². The van der Waals surface area contributed by atoms with Gasteiger partial charge in [-0.15, -0.1) is 11.3 Å². The molecule has 0 aliphatic carbocycles. The Balaban J connectivity index is 1.87. The molecule has 1 fully saturated rings. The van der Waals surface area contributed by atoms with E-state index in [1.54, 1.807) is 6.20 Å². The van der Waals surface area contributed by atoms with Crippen molar-refractivity contribution >= 4 is 17.2 Å². The monoisotopic (exact) mass is 277 g/mol. The zero-order valence-electron chi connectivity index (χ0n) is 10.6. The van der Waals surface area contributed by atoms with E-state index >= 15 is 0 Å². The van der Waals surface area contributed by atoms with Gasteiger partial charge >= 0.3 is 0 Å². The maximum atomic E-state index is 12.5. The molecular weight excluding hydrogens is 262 g/mol. The number of amides is 1. The summed E-state index contributed by atoms with van der Waals surface area (Å²) >= 11 is 1.46. The Morgan fingerprint density at radius 2 is 2.53 bits per heavy atom. The molecule has 1 atom stereocenters. The second-order valence-corrected chi connectivity index (χ2v) is 5.47. The second kappa shape index (κ2) is 5.14. The van der Waals surface area contributed by atoms with E-state index in [1.807, 2.05) is 29.3 Å².